The third kappa shape index (κ3) is 5.96. The van der Waals surface area contributed by atoms with Crippen molar-refractivity contribution in [3.8, 4) is 0 Å². The van der Waals surface area contributed by atoms with Gasteiger partial charge in [-0.15, -0.1) is 0 Å². The highest BCUT2D eigenvalue weighted by molar-refractivity contribution is 5.95. The maximum Gasteiger partial charge on any atom is 0.321 e. The number of nitrogens with zero attached hydrogens (tertiary/aromatic N) is 1. The minimum atomic E-state index is -0.544. The van der Waals surface area contributed by atoms with Crippen LogP contribution in [0.5, 0.6) is 0 Å². The summed E-state index contributed by atoms with van der Waals surface area (Å²) in [6.45, 7) is 1.75. The lowest BCUT2D eigenvalue weighted by Gasteiger charge is -2.24. The van der Waals surface area contributed by atoms with Gasteiger partial charge in [-0.1, -0.05) is 12.1 Å². The molecule has 2 N–H and O–H groups in total. The summed E-state index contributed by atoms with van der Waals surface area (Å²) in [5.74, 6) is -0.715. The first-order valence-corrected chi connectivity index (χ1v) is 7.67. The van der Waals surface area contributed by atoms with Crippen LogP contribution in [0, 0.1) is 5.82 Å². The van der Waals surface area contributed by atoms with Crippen molar-refractivity contribution in [3.63, 3.8) is 0 Å². The highest BCUT2D eigenvalue weighted by atomic mass is 19.1. The molecule has 1 heterocycles. The number of ether oxygens (including phenoxy) is 1. The van der Waals surface area contributed by atoms with Crippen LogP contribution >= 0.6 is 0 Å². The summed E-state index contributed by atoms with van der Waals surface area (Å²) >= 11 is 0. The highest BCUT2D eigenvalue weighted by Gasteiger charge is 2.21. The van der Waals surface area contributed by atoms with Crippen molar-refractivity contribution in [2.75, 3.05) is 26.7 Å². The zero-order valence-electron chi connectivity index (χ0n) is 13.2. The molecule has 1 aliphatic rings. The summed E-state index contributed by atoms with van der Waals surface area (Å²) in [4.78, 5) is 25.0. The lowest BCUT2D eigenvalue weighted by Crippen LogP contribution is -2.44. The van der Waals surface area contributed by atoms with Crippen LogP contribution in [0.3, 0.4) is 0 Å². The fourth-order valence-electron chi connectivity index (χ4n) is 2.59. The van der Waals surface area contributed by atoms with E-state index in [0.29, 0.717) is 13.1 Å². The van der Waals surface area contributed by atoms with Crippen molar-refractivity contribution in [3.05, 3.63) is 35.6 Å². The number of carbonyl (C=O) groups excluding carboxylic acids is 2. The Hall–Kier alpha value is -1.99. The fraction of sp³-hybridized carbons (Fsp3) is 0.500. The average Bonchev–Trinajstić information content (AvgIpc) is 2.99. The van der Waals surface area contributed by atoms with Gasteiger partial charge in [-0.2, -0.15) is 0 Å². The van der Waals surface area contributed by atoms with Gasteiger partial charge in [0.15, 0.2) is 0 Å². The molecule has 7 heteroatoms. The number of carbonyl (C=O) groups is 2. The largest absolute Gasteiger partial charge is 0.377 e. The van der Waals surface area contributed by atoms with Crippen LogP contribution < -0.4 is 10.6 Å². The maximum atomic E-state index is 13.3. The van der Waals surface area contributed by atoms with E-state index in [2.05, 4.69) is 10.6 Å². The Morgan fingerprint density at radius 1 is 1.43 bits per heavy atom. The second kappa shape index (κ2) is 8.59. The van der Waals surface area contributed by atoms with Gasteiger partial charge in [0, 0.05) is 26.7 Å². The Morgan fingerprint density at radius 3 is 2.91 bits per heavy atom. The fourth-order valence-corrected chi connectivity index (χ4v) is 2.59. The molecule has 0 bridgehead atoms. The molecular formula is C16H22FN3O3. The Morgan fingerprint density at radius 2 is 2.26 bits per heavy atom. The summed E-state index contributed by atoms with van der Waals surface area (Å²) in [6.07, 6.45) is 2.01. The molecule has 1 aromatic rings. The molecule has 0 saturated carbocycles. The number of halogens is 1. The molecule has 3 amide bonds. The van der Waals surface area contributed by atoms with Crippen molar-refractivity contribution in [2.24, 2.45) is 0 Å². The van der Waals surface area contributed by atoms with Gasteiger partial charge in [-0.05, 0) is 30.5 Å². The number of amides is 3. The van der Waals surface area contributed by atoms with E-state index in [1.165, 1.54) is 19.2 Å². The van der Waals surface area contributed by atoms with Crippen LogP contribution in [-0.2, 0) is 16.1 Å². The Bertz CT molecular complexity index is 547. The normalized spacial score (nSPS) is 17.3. The van der Waals surface area contributed by atoms with Gasteiger partial charge < -0.3 is 10.1 Å². The molecule has 0 aromatic heterocycles. The predicted octanol–water partition coefficient (Wildman–Crippen LogP) is 1.26. The number of nitrogens with one attached hydrogen (secondary N) is 2. The number of rotatable bonds is 6. The van der Waals surface area contributed by atoms with Crippen molar-refractivity contribution in [1.82, 2.24) is 15.5 Å². The number of hydrogen-bond donors (Lipinski definition) is 2. The molecule has 2 rings (SSSR count). The average molecular weight is 323 g/mol. The number of urea groups is 1. The minimum Gasteiger partial charge on any atom is -0.377 e. The van der Waals surface area contributed by atoms with Gasteiger partial charge in [0.05, 0.1) is 12.6 Å². The van der Waals surface area contributed by atoms with Crippen LogP contribution in [0.25, 0.3) is 0 Å². The topological polar surface area (TPSA) is 70.7 Å². The zero-order chi connectivity index (χ0) is 16.7. The van der Waals surface area contributed by atoms with Gasteiger partial charge >= 0.3 is 6.03 Å². The lowest BCUT2D eigenvalue weighted by atomic mass is 10.1. The van der Waals surface area contributed by atoms with Crippen molar-refractivity contribution in [2.45, 2.75) is 25.5 Å². The van der Waals surface area contributed by atoms with E-state index in [4.69, 9.17) is 4.74 Å². The highest BCUT2D eigenvalue weighted by Crippen LogP contribution is 2.15. The molecule has 0 radical (unpaired) electrons. The standard InChI is InChI=1S/C16H22FN3O3/c1-18-16(22)19-15(21)11-20(10-14-6-3-7-23-14)9-12-4-2-5-13(17)8-12/h2,4-5,8,14H,3,6-7,9-11H2,1H3,(H2,18,19,21,22). The van der Waals surface area contributed by atoms with Gasteiger partial charge in [0.25, 0.3) is 0 Å². The second-order valence-corrected chi connectivity index (χ2v) is 5.56. The summed E-state index contributed by atoms with van der Waals surface area (Å²) in [5, 5.41) is 4.57. The van der Waals surface area contributed by atoms with E-state index in [9.17, 15) is 14.0 Å². The quantitative estimate of drug-likeness (QED) is 0.827. The molecule has 6 nitrogen and oxygen atoms in total. The molecule has 23 heavy (non-hydrogen) atoms. The third-order valence-electron chi connectivity index (χ3n) is 3.63. The van der Waals surface area contributed by atoms with E-state index in [1.54, 1.807) is 6.07 Å². The lowest BCUT2D eigenvalue weighted by molar-refractivity contribution is -0.121. The second-order valence-electron chi connectivity index (χ2n) is 5.56. The van der Waals surface area contributed by atoms with E-state index >= 15 is 0 Å². The monoisotopic (exact) mass is 323 g/mol. The van der Waals surface area contributed by atoms with Crippen LogP contribution in [0.1, 0.15) is 18.4 Å². The molecule has 0 aliphatic carbocycles. The first-order valence-electron chi connectivity index (χ1n) is 7.67. The summed E-state index contributed by atoms with van der Waals surface area (Å²) in [7, 11) is 1.44. The molecule has 1 aliphatic heterocycles. The molecule has 1 atom stereocenters. The van der Waals surface area contributed by atoms with Gasteiger partial charge in [-0.25, -0.2) is 9.18 Å². The maximum absolute atomic E-state index is 13.3. The van der Waals surface area contributed by atoms with Crippen molar-refractivity contribution < 1.29 is 18.7 Å². The SMILES string of the molecule is CNC(=O)NC(=O)CN(Cc1cccc(F)c1)CC1CCCO1. The van der Waals surface area contributed by atoms with Crippen LogP contribution in [0.4, 0.5) is 9.18 Å². The van der Waals surface area contributed by atoms with Crippen molar-refractivity contribution >= 4 is 11.9 Å². The Kier molecular flexibility index (Phi) is 6.49. The number of hydrogen-bond acceptors (Lipinski definition) is 4. The molecule has 1 saturated heterocycles. The van der Waals surface area contributed by atoms with Crippen LogP contribution in [0.15, 0.2) is 24.3 Å². The first kappa shape index (κ1) is 17.4. The minimum absolute atomic E-state index is 0.0454. The molecular weight excluding hydrogens is 301 g/mol. The van der Waals surface area contributed by atoms with Gasteiger partial charge in [0.1, 0.15) is 5.82 Å². The number of imide groups is 1. The van der Waals surface area contributed by atoms with Crippen LogP contribution in [-0.4, -0.2) is 49.7 Å². The molecule has 1 aromatic carbocycles. The summed E-state index contributed by atoms with van der Waals surface area (Å²) in [6, 6.07) is 5.73. The molecule has 1 unspecified atom stereocenters. The van der Waals surface area contributed by atoms with E-state index in [-0.39, 0.29) is 18.5 Å². The molecule has 126 valence electrons. The molecule has 1 fully saturated rings. The third-order valence-corrected chi connectivity index (χ3v) is 3.63. The summed E-state index contributed by atoms with van der Waals surface area (Å²) in [5.41, 5.74) is 0.774. The van der Waals surface area contributed by atoms with E-state index in [0.717, 1.165) is 25.0 Å². The Balaban J connectivity index is 1.98. The zero-order valence-corrected chi connectivity index (χ0v) is 13.2. The number of benzene rings is 1. The van der Waals surface area contributed by atoms with E-state index in [1.807, 2.05) is 11.0 Å². The molecule has 0 spiro atoms. The van der Waals surface area contributed by atoms with Gasteiger partial charge in [0.2, 0.25) is 5.91 Å². The summed E-state index contributed by atoms with van der Waals surface area (Å²) < 4.78 is 18.9. The van der Waals surface area contributed by atoms with Crippen molar-refractivity contribution in [1.29, 1.82) is 0 Å². The first-order chi connectivity index (χ1) is 11.1. The van der Waals surface area contributed by atoms with Crippen LogP contribution in [0.2, 0.25) is 0 Å². The van der Waals surface area contributed by atoms with E-state index < -0.39 is 11.9 Å². The predicted molar refractivity (Wildman–Crippen MR) is 83.2 cm³/mol. The van der Waals surface area contributed by atoms with Gasteiger partial charge in [-0.3, -0.25) is 15.0 Å². The smallest absolute Gasteiger partial charge is 0.321 e. The Labute approximate surface area is 135 Å².